The first-order valence-electron chi connectivity index (χ1n) is 6.91. The summed E-state index contributed by atoms with van der Waals surface area (Å²) in [4.78, 5) is 4.23. The fraction of sp³-hybridized carbons (Fsp3) is 0.353. The molecule has 0 bridgehead atoms. The number of hydrogen-bond acceptors (Lipinski definition) is 3. The number of nitrogens with zero attached hydrogens (tertiary/aromatic N) is 1. The van der Waals surface area contributed by atoms with E-state index in [9.17, 15) is 0 Å². The van der Waals surface area contributed by atoms with Gasteiger partial charge in [0.05, 0.1) is 18.3 Å². The van der Waals surface area contributed by atoms with E-state index in [1.165, 1.54) is 11.1 Å². The molecule has 2 N–H and O–H groups in total. The molecule has 0 spiro atoms. The van der Waals surface area contributed by atoms with Crippen LogP contribution in [0.3, 0.4) is 0 Å². The van der Waals surface area contributed by atoms with Gasteiger partial charge in [0.2, 0.25) is 0 Å². The molecule has 3 nitrogen and oxygen atoms in total. The average molecular weight is 270 g/mol. The molecule has 1 aromatic heterocycles. The van der Waals surface area contributed by atoms with E-state index >= 15 is 0 Å². The van der Waals surface area contributed by atoms with Gasteiger partial charge in [0.25, 0.3) is 0 Å². The maximum absolute atomic E-state index is 6.39. The predicted molar refractivity (Wildman–Crippen MR) is 81.9 cm³/mol. The van der Waals surface area contributed by atoms with Crippen LogP contribution in [0.2, 0.25) is 0 Å². The molecular formula is C17H22N2O. The molecule has 1 unspecified atom stereocenters. The molecule has 0 amide bonds. The molecular weight excluding hydrogens is 248 g/mol. The molecule has 0 saturated carbocycles. The number of rotatable bonds is 4. The van der Waals surface area contributed by atoms with Gasteiger partial charge in [-0.15, -0.1) is 0 Å². The van der Waals surface area contributed by atoms with Gasteiger partial charge in [-0.2, -0.15) is 0 Å². The zero-order valence-corrected chi connectivity index (χ0v) is 12.6. The second-order valence-corrected chi connectivity index (χ2v) is 5.46. The van der Waals surface area contributed by atoms with E-state index in [-0.39, 0.29) is 12.1 Å². The molecule has 0 fully saturated rings. The van der Waals surface area contributed by atoms with Crippen LogP contribution < -0.4 is 10.5 Å². The number of pyridine rings is 1. The van der Waals surface area contributed by atoms with Crippen molar-refractivity contribution >= 4 is 0 Å². The van der Waals surface area contributed by atoms with Crippen LogP contribution in [0.25, 0.3) is 0 Å². The van der Waals surface area contributed by atoms with Gasteiger partial charge in [-0.3, -0.25) is 4.98 Å². The van der Waals surface area contributed by atoms with Crippen molar-refractivity contribution in [1.82, 2.24) is 4.98 Å². The van der Waals surface area contributed by atoms with Crippen molar-refractivity contribution in [3.8, 4) is 5.75 Å². The van der Waals surface area contributed by atoms with Crippen molar-refractivity contribution in [1.29, 1.82) is 0 Å². The summed E-state index contributed by atoms with van der Waals surface area (Å²) in [5.74, 6) is 0.762. The maximum atomic E-state index is 6.39. The van der Waals surface area contributed by atoms with Crippen LogP contribution in [0.15, 0.2) is 36.7 Å². The highest BCUT2D eigenvalue weighted by Crippen LogP contribution is 2.25. The third-order valence-electron chi connectivity index (χ3n) is 3.24. The Hall–Kier alpha value is -1.87. The van der Waals surface area contributed by atoms with Crippen LogP contribution in [-0.2, 0) is 0 Å². The van der Waals surface area contributed by atoms with E-state index < -0.39 is 0 Å². The van der Waals surface area contributed by atoms with Crippen LogP contribution in [0.1, 0.15) is 42.1 Å². The van der Waals surface area contributed by atoms with Crippen LogP contribution >= 0.6 is 0 Å². The van der Waals surface area contributed by atoms with Crippen molar-refractivity contribution in [3.05, 3.63) is 58.9 Å². The van der Waals surface area contributed by atoms with Gasteiger partial charge in [0.15, 0.2) is 0 Å². The summed E-state index contributed by atoms with van der Waals surface area (Å²) in [6.45, 7) is 8.15. The van der Waals surface area contributed by atoms with E-state index in [1.54, 1.807) is 12.4 Å². The Balaban J connectivity index is 2.33. The fourth-order valence-corrected chi connectivity index (χ4v) is 2.22. The third kappa shape index (κ3) is 3.36. The van der Waals surface area contributed by atoms with Gasteiger partial charge in [-0.05, 0) is 50.5 Å². The number of benzene rings is 1. The molecule has 0 saturated heterocycles. The maximum Gasteiger partial charge on any atom is 0.138 e. The van der Waals surface area contributed by atoms with Crippen molar-refractivity contribution < 1.29 is 4.74 Å². The molecule has 0 aliphatic heterocycles. The zero-order valence-electron chi connectivity index (χ0n) is 12.6. The van der Waals surface area contributed by atoms with Gasteiger partial charge in [0.1, 0.15) is 5.75 Å². The second-order valence-electron chi connectivity index (χ2n) is 5.46. The number of nitrogens with two attached hydrogens (primary N) is 1. The highest BCUT2D eigenvalue weighted by Gasteiger charge is 2.13. The first-order valence-corrected chi connectivity index (χ1v) is 6.91. The minimum Gasteiger partial charge on any atom is -0.489 e. The molecule has 20 heavy (non-hydrogen) atoms. The van der Waals surface area contributed by atoms with Crippen LogP contribution in [-0.4, -0.2) is 11.1 Å². The number of ether oxygens (including phenoxy) is 1. The lowest BCUT2D eigenvalue weighted by Gasteiger charge is -2.17. The largest absolute Gasteiger partial charge is 0.489 e. The normalized spacial score (nSPS) is 12.5. The van der Waals surface area contributed by atoms with E-state index in [0.29, 0.717) is 0 Å². The smallest absolute Gasteiger partial charge is 0.138 e. The van der Waals surface area contributed by atoms with E-state index in [0.717, 1.165) is 16.9 Å². The third-order valence-corrected chi connectivity index (χ3v) is 3.24. The molecule has 1 atom stereocenters. The van der Waals surface area contributed by atoms with Gasteiger partial charge >= 0.3 is 0 Å². The molecule has 2 rings (SSSR count). The lowest BCUT2D eigenvalue weighted by atomic mass is 9.95. The fourth-order valence-electron chi connectivity index (χ4n) is 2.22. The zero-order chi connectivity index (χ0) is 14.7. The Bertz CT molecular complexity index is 593. The molecule has 1 aromatic carbocycles. The lowest BCUT2D eigenvalue weighted by Crippen LogP contribution is -2.14. The topological polar surface area (TPSA) is 48.1 Å². The molecule has 0 radical (unpaired) electrons. The van der Waals surface area contributed by atoms with Crippen LogP contribution in [0.4, 0.5) is 0 Å². The summed E-state index contributed by atoms with van der Waals surface area (Å²) in [6.07, 6.45) is 3.66. The number of aryl methyl sites for hydroxylation is 2. The number of aromatic nitrogens is 1. The van der Waals surface area contributed by atoms with E-state index in [4.69, 9.17) is 10.5 Å². The Kier molecular flexibility index (Phi) is 4.40. The van der Waals surface area contributed by atoms with Crippen molar-refractivity contribution in [2.75, 3.05) is 0 Å². The minimum atomic E-state index is -0.182. The number of hydrogen-bond donors (Lipinski definition) is 1. The minimum absolute atomic E-state index is 0.129. The molecule has 106 valence electrons. The molecule has 3 heteroatoms. The van der Waals surface area contributed by atoms with Gasteiger partial charge in [0, 0.05) is 6.20 Å². The highest BCUT2D eigenvalue weighted by molar-refractivity contribution is 5.39. The monoisotopic (exact) mass is 270 g/mol. The van der Waals surface area contributed by atoms with E-state index in [2.05, 4.69) is 37.0 Å². The summed E-state index contributed by atoms with van der Waals surface area (Å²) < 4.78 is 5.68. The summed E-state index contributed by atoms with van der Waals surface area (Å²) in [6, 6.07) is 8.13. The molecule has 1 heterocycles. The van der Waals surface area contributed by atoms with Gasteiger partial charge in [-0.1, -0.05) is 23.8 Å². The SMILES string of the molecule is Cc1ccc(C)c(C(N)c2cncc(OC(C)C)c2)c1. The average Bonchev–Trinajstić information content (AvgIpc) is 2.40. The summed E-state index contributed by atoms with van der Waals surface area (Å²) in [5, 5.41) is 0. The van der Waals surface area contributed by atoms with Gasteiger partial charge < -0.3 is 10.5 Å². The van der Waals surface area contributed by atoms with Crippen molar-refractivity contribution in [2.45, 2.75) is 39.8 Å². The van der Waals surface area contributed by atoms with Crippen LogP contribution in [0.5, 0.6) is 5.75 Å². The second kappa shape index (κ2) is 6.06. The summed E-state index contributed by atoms with van der Waals surface area (Å²) in [5.41, 5.74) is 10.9. The van der Waals surface area contributed by atoms with Crippen molar-refractivity contribution in [2.24, 2.45) is 5.73 Å². The highest BCUT2D eigenvalue weighted by atomic mass is 16.5. The first kappa shape index (κ1) is 14.5. The van der Waals surface area contributed by atoms with Gasteiger partial charge in [-0.25, -0.2) is 0 Å². The first-order chi connectivity index (χ1) is 9.47. The van der Waals surface area contributed by atoms with E-state index in [1.807, 2.05) is 19.9 Å². The van der Waals surface area contributed by atoms with Crippen molar-refractivity contribution in [3.63, 3.8) is 0 Å². The Morgan fingerprint density at radius 1 is 1.10 bits per heavy atom. The van der Waals surface area contributed by atoms with Crippen LogP contribution in [0, 0.1) is 13.8 Å². The Labute approximate surface area is 120 Å². The molecule has 2 aromatic rings. The quantitative estimate of drug-likeness (QED) is 0.924. The predicted octanol–water partition coefficient (Wildman–Crippen LogP) is 3.53. The Morgan fingerprint density at radius 3 is 2.55 bits per heavy atom. The molecule has 0 aliphatic carbocycles. The standard InChI is InChI=1S/C17H22N2O/c1-11(2)20-15-8-14(9-19-10-15)17(18)16-7-12(3)5-6-13(16)4/h5-11,17H,18H2,1-4H3. The summed E-state index contributed by atoms with van der Waals surface area (Å²) >= 11 is 0. The molecule has 0 aliphatic rings. The summed E-state index contributed by atoms with van der Waals surface area (Å²) in [7, 11) is 0. The lowest BCUT2D eigenvalue weighted by molar-refractivity contribution is 0.241. The Morgan fingerprint density at radius 2 is 1.85 bits per heavy atom.